The zero-order valence-corrected chi connectivity index (χ0v) is 10.6. The fourth-order valence-electron chi connectivity index (χ4n) is 1.15. The molecule has 1 amide bonds. The van der Waals surface area contributed by atoms with Crippen LogP contribution in [0, 0.1) is 11.3 Å². The number of carbonyl (C=O) groups excluding carboxylic acids is 1. The highest BCUT2D eigenvalue weighted by Crippen LogP contribution is 2.05. The Hall–Kier alpha value is -1.34. The van der Waals surface area contributed by atoms with E-state index in [1.54, 1.807) is 24.3 Å². The first-order chi connectivity index (χ1) is 7.67. The van der Waals surface area contributed by atoms with Crippen molar-refractivity contribution in [2.75, 3.05) is 6.54 Å². The largest absolute Gasteiger partial charge is 0.351 e. The molecule has 1 N–H and O–H groups in total. The smallest absolute Gasteiger partial charge is 0.251 e. The number of hydrogen-bond donors (Lipinski definition) is 1. The van der Waals surface area contributed by atoms with Crippen LogP contribution in [0.2, 0.25) is 0 Å². The van der Waals surface area contributed by atoms with Crippen molar-refractivity contribution in [2.45, 2.75) is 18.2 Å². The number of benzene rings is 1. The highest BCUT2D eigenvalue weighted by atomic mass is 79.9. The molecular formula is C12H13BrN2O. The molecule has 0 saturated heterocycles. The van der Waals surface area contributed by atoms with Crippen molar-refractivity contribution in [3.8, 4) is 6.07 Å². The number of hydrogen-bond acceptors (Lipinski definition) is 2. The number of nitrogens with one attached hydrogen (secondary N) is 1. The monoisotopic (exact) mass is 280 g/mol. The van der Waals surface area contributed by atoms with E-state index in [0.29, 0.717) is 22.5 Å². The lowest BCUT2D eigenvalue weighted by atomic mass is 10.1. The van der Waals surface area contributed by atoms with Crippen LogP contribution in [0.4, 0.5) is 0 Å². The Morgan fingerprint density at radius 2 is 2.12 bits per heavy atom. The maximum absolute atomic E-state index is 11.6. The van der Waals surface area contributed by atoms with E-state index in [1.807, 2.05) is 13.0 Å². The summed E-state index contributed by atoms with van der Waals surface area (Å²) in [4.78, 5) is 12.0. The third-order valence-corrected chi connectivity index (χ3v) is 3.17. The topological polar surface area (TPSA) is 52.9 Å². The third-order valence-electron chi connectivity index (χ3n) is 2.20. The van der Waals surface area contributed by atoms with Gasteiger partial charge in [-0.25, -0.2) is 0 Å². The van der Waals surface area contributed by atoms with E-state index < -0.39 is 0 Å². The van der Waals surface area contributed by atoms with Crippen molar-refractivity contribution >= 4 is 21.8 Å². The second kappa shape index (κ2) is 6.29. The standard InChI is InChI=1S/C12H13BrN2O/c1-2-11(13)8-15-12(16)10-5-3-9(7-14)4-6-10/h3-6,11H,2,8H2,1H3,(H,15,16). The molecule has 0 fully saturated rings. The fraction of sp³-hybridized carbons (Fsp3) is 0.333. The number of alkyl halides is 1. The molecule has 0 radical (unpaired) electrons. The van der Waals surface area contributed by atoms with Crippen molar-refractivity contribution < 1.29 is 4.79 Å². The van der Waals surface area contributed by atoms with E-state index >= 15 is 0 Å². The van der Waals surface area contributed by atoms with Gasteiger partial charge in [0.1, 0.15) is 0 Å². The summed E-state index contributed by atoms with van der Waals surface area (Å²) >= 11 is 3.44. The number of halogens is 1. The molecule has 0 aromatic heterocycles. The summed E-state index contributed by atoms with van der Waals surface area (Å²) in [6, 6.07) is 8.60. The van der Waals surface area contributed by atoms with Crippen LogP contribution in [0.15, 0.2) is 24.3 Å². The van der Waals surface area contributed by atoms with E-state index in [0.717, 1.165) is 6.42 Å². The number of nitriles is 1. The van der Waals surface area contributed by atoms with E-state index in [-0.39, 0.29) is 5.91 Å². The molecule has 0 aliphatic heterocycles. The highest BCUT2D eigenvalue weighted by molar-refractivity contribution is 9.09. The first kappa shape index (κ1) is 12.7. The zero-order chi connectivity index (χ0) is 12.0. The maximum atomic E-state index is 11.6. The Morgan fingerprint density at radius 3 is 2.62 bits per heavy atom. The molecule has 0 aliphatic carbocycles. The third kappa shape index (κ3) is 3.67. The van der Waals surface area contributed by atoms with Crippen molar-refractivity contribution in [3.63, 3.8) is 0 Å². The van der Waals surface area contributed by atoms with Crippen LogP contribution in [0.1, 0.15) is 29.3 Å². The average Bonchev–Trinajstić information content (AvgIpc) is 2.35. The van der Waals surface area contributed by atoms with E-state index in [4.69, 9.17) is 5.26 Å². The summed E-state index contributed by atoms with van der Waals surface area (Å²) in [5.74, 6) is -0.109. The Labute approximate surface area is 104 Å². The van der Waals surface area contributed by atoms with Crippen LogP contribution in [-0.4, -0.2) is 17.3 Å². The molecule has 0 heterocycles. The summed E-state index contributed by atoms with van der Waals surface area (Å²) in [6.45, 7) is 2.66. The Balaban J connectivity index is 2.57. The lowest BCUT2D eigenvalue weighted by Gasteiger charge is -2.08. The van der Waals surface area contributed by atoms with Crippen LogP contribution in [-0.2, 0) is 0 Å². The van der Waals surface area contributed by atoms with Crippen LogP contribution in [0.3, 0.4) is 0 Å². The highest BCUT2D eigenvalue weighted by Gasteiger charge is 2.07. The number of amides is 1. The molecule has 1 rings (SSSR count). The fourth-order valence-corrected chi connectivity index (χ4v) is 1.31. The SMILES string of the molecule is CCC(Br)CNC(=O)c1ccc(C#N)cc1. The van der Waals surface area contributed by atoms with Gasteiger partial charge in [0, 0.05) is 16.9 Å². The van der Waals surface area contributed by atoms with Crippen molar-refractivity contribution in [3.05, 3.63) is 35.4 Å². The van der Waals surface area contributed by atoms with Gasteiger partial charge in [0.15, 0.2) is 0 Å². The quantitative estimate of drug-likeness (QED) is 0.862. The molecule has 1 unspecified atom stereocenters. The molecule has 84 valence electrons. The van der Waals surface area contributed by atoms with Crippen molar-refractivity contribution in [1.29, 1.82) is 5.26 Å². The molecule has 0 saturated carbocycles. The maximum Gasteiger partial charge on any atom is 0.251 e. The van der Waals surface area contributed by atoms with Crippen molar-refractivity contribution in [1.82, 2.24) is 5.32 Å². The molecule has 0 aliphatic rings. The molecule has 4 heteroatoms. The minimum Gasteiger partial charge on any atom is -0.351 e. The molecular weight excluding hydrogens is 268 g/mol. The van der Waals surface area contributed by atoms with Crippen molar-refractivity contribution in [2.24, 2.45) is 0 Å². The van der Waals surface area contributed by atoms with Gasteiger partial charge in [0.2, 0.25) is 0 Å². The van der Waals surface area contributed by atoms with Crippen LogP contribution in [0.25, 0.3) is 0 Å². The average molecular weight is 281 g/mol. The Morgan fingerprint density at radius 1 is 1.50 bits per heavy atom. The van der Waals surface area contributed by atoms with Gasteiger partial charge in [-0.05, 0) is 30.7 Å². The minimum absolute atomic E-state index is 0.109. The molecule has 1 atom stereocenters. The van der Waals surface area contributed by atoms with Crippen LogP contribution < -0.4 is 5.32 Å². The summed E-state index contributed by atoms with van der Waals surface area (Å²) in [5, 5.41) is 11.4. The van der Waals surface area contributed by atoms with Gasteiger partial charge >= 0.3 is 0 Å². The van der Waals surface area contributed by atoms with Gasteiger partial charge in [-0.1, -0.05) is 22.9 Å². The molecule has 3 nitrogen and oxygen atoms in total. The predicted octanol–water partition coefficient (Wildman–Crippen LogP) is 2.46. The lowest BCUT2D eigenvalue weighted by molar-refractivity contribution is 0.0954. The normalized spacial score (nSPS) is 11.6. The van der Waals surface area contributed by atoms with Crippen LogP contribution >= 0.6 is 15.9 Å². The Kier molecular flexibility index (Phi) is 5.00. The summed E-state index contributed by atoms with van der Waals surface area (Å²) in [6.07, 6.45) is 0.966. The molecule has 1 aromatic rings. The van der Waals surface area contributed by atoms with Gasteiger partial charge in [-0.15, -0.1) is 0 Å². The zero-order valence-electron chi connectivity index (χ0n) is 9.03. The summed E-state index contributed by atoms with van der Waals surface area (Å²) in [5.41, 5.74) is 1.14. The number of nitrogens with zero attached hydrogens (tertiary/aromatic N) is 1. The predicted molar refractivity (Wildman–Crippen MR) is 66.5 cm³/mol. The second-order valence-corrected chi connectivity index (χ2v) is 4.70. The second-order valence-electron chi connectivity index (χ2n) is 3.40. The number of carbonyl (C=O) groups is 1. The minimum atomic E-state index is -0.109. The Bertz CT molecular complexity index is 394. The van der Waals surface area contributed by atoms with E-state index in [2.05, 4.69) is 21.2 Å². The van der Waals surface area contributed by atoms with Gasteiger partial charge in [-0.2, -0.15) is 5.26 Å². The number of rotatable bonds is 4. The first-order valence-corrected chi connectivity index (χ1v) is 6.01. The van der Waals surface area contributed by atoms with E-state index in [1.165, 1.54) is 0 Å². The van der Waals surface area contributed by atoms with Gasteiger partial charge < -0.3 is 5.32 Å². The molecule has 16 heavy (non-hydrogen) atoms. The summed E-state index contributed by atoms with van der Waals surface area (Å²) < 4.78 is 0. The lowest BCUT2D eigenvalue weighted by Crippen LogP contribution is -2.29. The van der Waals surface area contributed by atoms with Gasteiger partial charge in [-0.3, -0.25) is 4.79 Å². The van der Waals surface area contributed by atoms with E-state index in [9.17, 15) is 4.79 Å². The first-order valence-electron chi connectivity index (χ1n) is 5.09. The molecule has 0 spiro atoms. The summed E-state index contributed by atoms with van der Waals surface area (Å²) in [7, 11) is 0. The van der Waals surface area contributed by atoms with Gasteiger partial charge in [0.25, 0.3) is 5.91 Å². The molecule has 1 aromatic carbocycles. The van der Waals surface area contributed by atoms with Crippen LogP contribution in [0.5, 0.6) is 0 Å². The molecule has 0 bridgehead atoms. The van der Waals surface area contributed by atoms with Gasteiger partial charge in [0.05, 0.1) is 11.6 Å².